The third-order valence-corrected chi connectivity index (χ3v) is 4.32. The third kappa shape index (κ3) is 2.64. The highest BCUT2D eigenvalue weighted by Gasteiger charge is 2.32. The highest BCUT2D eigenvalue weighted by atomic mass is 32.2. The summed E-state index contributed by atoms with van der Waals surface area (Å²) in [5.41, 5.74) is 0. The zero-order chi connectivity index (χ0) is 12.5. The molecule has 94 valence electrons. The van der Waals surface area contributed by atoms with Crippen LogP contribution in [0.4, 0.5) is 0 Å². The van der Waals surface area contributed by atoms with Gasteiger partial charge in [-0.05, 0) is 25.3 Å². The summed E-state index contributed by atoms with van der Waals surface area (Å²) in [6.45, 7) is 0. The molecule has 0 bridgehead atoms. The zero-order valence-electron chi connectivity index (χ0n) is 8.96. The average Bonchev–Trinajstić information content (AvgIpc) is 2.85. The number of carboxylic acids is 1. The van der Waals surface area contributed by atoms with Crippen molar-refractivity contribution in [1.82, 2.24) is 14.9 Å². The van der Waals surface area contributed by atoms with Gasteiger partial charge in [-0.3, -0.25) is 9.89 Å². The van der Waals surface area contributed by atoms with Gasteiger partial charge in [-0.1, -0.05) is 0 Å². The summed E-state index contributed by atoms with van der Waals surface area (Å²) in [6, 6.07) is 1.04. The molecule has 7 nitrogen and oxygen atoms in total. The SMILES string of the molecule is O=C(O)[C@@H]1CC[C@H](NS(=O)(=O)c2ccn[nH]2)C1. The van der Waals surface area contributed by atoms with Crippen LogP contribution in [-0.2, 0) is 14.8 Å². The Kier molecular flexibility index (Phi) is 3.16. The molecular weight excluding hydrogens is 246 g/mol. The van der Waals surface area contributed by atoms with E-state index in [1.807, 2.05) is 0 Å². The number of nitrogens with zero attached hydrogens (tertiary/aromatic N) is 1. The summed E-state index contributed by atoms with van der Waals surface area (Å²) < 4.78 is 26.1. The lowest BCUT2D eigenvalue weighted by atomic mass is 10.1. The molecule has 0 amide bonds. The number of aliphatic carboxylic acids is 1. The van der Waals surface area contributed by atoms with Crippen LogP contribution in [0.5, 0.6) is 0 Å². The van der Waals surface area contributed by atoms with E-state index in [-0.39, 0.29) is 11.1 Å². The van der Waals surface area contributed by atoms with E-state index in [2.05, 4.69) is 14.9 Å². The first-order valence-electron chi connectivity index (χ1n) is 5.23. The molecule has 0 unspecified atom stereocenters. The summed E-state index contributed by atoms with van der Waals surface area (Å²) in [5.74, 6) is -1.32. The van der Waals surface area contributed by atoms with Crippen molar-refractivity contribution in [2.24, 2.45) is 5.92 Å². The molecule has 17 heavy (non-hydrogen) atoms. The van der Waals surface area contributed by atoms with Crippen LogP contribution in [0.3, 0.4) is 0 Å². The number of aromatic nitrogens is 2. The molecule has 3 N–H and O–H groups in total. The van der Waals surface area contributed by atoms with Gasteiger partial charge in [-0.25, -0.2) is 13.1 Å². The molecule has 1 aliphatic carbocycles. The fourth-order valence-corrected chi connectivity index (χ4v) is 3.18. The molecule has 0 spiro atoms. The lowest BCUT2D eigenvalue weighted by molar-refractivity contribution is -0.141. The van der Waals surface area contributed by atoms with Gasteiger partial charge in [0.05, 0.1) is 12.1 Å². The molecule has 8 heteroatoms. The number of H-pyrrole nitrogens is 1. The maximum Gasteiger partial charge on any atom is 0.306 e. The second-order valence-electron chi connectivity index (χ2n) is 4.09. The van der Waals surface area contributed by atoms with Crippen LogP contribution in [-0.4, -0.2) is 35.7 Å². The maximum absolute atomic E-state index is 11.8. The van der Waals surface area contributed by atoms with E-state index in [9.17, 15) is 13.2 Å². The number of rotatable bonds is 4. The predicted octanol–water partition coefficient (Wildman–Crippen LogP) is -0.0587. The Morgan fingerprint density at radius 1 is 1.53 bits per heavy atom. The first-order chi connectivity index (χ1) is 7.99. The second kappa shape index (κ2) is 4.46. The highest BCUT2D eigenvalue weighted by molar-refractivity contribution is 7.89. The number of hydrogen-bond donors (Lipinski definition) is 3. The average molecular weight is 259 g/mol. The Morgan fingerprint density at radius 3 is 2.82 bits per heavy atom. The summed E-state index contributed by atoms with van der Waals surface area (Å²) >= 11 is 0. The fraction of sp³-hybridized carbons (Fsp3) is 0.556. The number of aromatic amines is 1. The minimum atomic E-state index is -3.61. The number of carbonyl (C=O) groups is 1. The van der Waals surface area contributed by atoms with Gasteiger partial charge in [0, 0.05) is 6.04 Å². The van der Waals surface area contributed by atoms with Gasteiger partial charge >= 0.3 is 5.97 Å². The maximum atomic E-state index is 11.8. The molecule has 1 saturated carbocycles. The van der Waals surface area contributed by atoms with E-state index in [0.29, 0.717) is 19.3 Å². The largest absolute Gasteiger partial charge is 0.481 e. The van der Waals surface area contributed by atoms with Crippen molar-refractivity contribution >= 4 is 16.0 Å². The van der Waals surface area contributed by atoms with Gasteiger partial charge in [0.25, 0.3) is 10.0 Å². The van der Waals surface area contributed by atoms with E-state index in [1.54, 1.807) is 0 Å². The number of hydrogen-bond acceptors (Lipinski definition) is 4. The van der Waals surface area contributed by atoms with E-state index in [0.717, 1.165) is 0 Å². The first kappa shape index (κ1) is 12.1. The molecule has 0 aliphatic heterocycles. The summed E-state index contributed by atoms with van der Waals surface area (Å²) in [4.78, 5) is 10.7. The van der Waals surface area contributed by atoms with Crippen LogP contribution in [0.25, 0.3) is 0 Å². The topological polar surface area (TPSA) is 112 Å². The highest BCUT2D eigenvalue weighted by Crippen LogP contribution is 2.26. The van der Waals surface area contributed by atoms with Crippen molar-refractivity contribution in [2.75, 3.05) is 0 Å². The van der Waals surface area contributed by atoms with Gasteiger partial charge < -0.3 is 5.11 Å². The van der Waals surface area contributed by atoms with Gasteiger partial charge in [-0.2, -0.15) is 5.10 Å². The summed E-state index contributed by atoms with van der Waals surface area (Å²) in [7, 11) is -3.61. The molecule has 2 atom stereocenters. The Hall–Kier alpha value is -1.41. The predicted molar refractivity (Wildman–Crippen MR) is 57.7 cm³/mol. The van der Waals surface area contributed by atoms with Crippen molar-refractivity contribution in [3.8, 4) is 0 Å². The molecule has 0 radical (unpaired) electrons. The van der Waals surface area contributed by atoms with Gasteiger partial charge in [0.2, 0.25) is 0 Å². The van der Waals surface area contributed by atoms with Crippen molar-refractivity contribution in [3.63, 3.8) is 0 Å². The normalized spacial score (nSPS) is 24.9. The van der Waals surface area contributed by atoms with E-state index < -0.39 is 21.9 Å². The van der Waals surface area contributed by atoms with Crippen molar-refractivity contribution < 1.29 is 18.3 Å². The number of sulfonamides is 1. The number of nitrogens with one attached hydrogen (secondary N) is 2. The monoisotopic (exact) mass is 259 g/mol. The van der Waals surface area contributed by atoms with Crippen molar-refractivity contribution in [2.45, 2.75) is 30.3 Å². The lowest BCUT2D eigenvalue weighted by Gasteiger charge is -2.11. The van der Waals surface area contributed by atoms with Crippen LogP contribution < -0.4 is 4.72 Å². The van der Waals surface area contributed by atoms with Crippen LogP contribution in [0, 0.1) is 5.92 Å². The molecule has 1 aromatic heterocycles. The molecule has 2 rings (SSSR count). The van der Waals surface area contributed by atoms with Crippen molar-refractivity contribution in [1.29, 1.82) is 0 Å². The molecule has 0 aromatic carbocycles. The minimum Gasteiger partial charge on any atom is -0.481 e. The van der Waals surface area contributed by atoms with E-state index in [4.69, 9.17) is 5.11 Å². The second-order valence-corrected chi connectivity index (χ2v) is 5.77. The molecule has 1 aliphatic rings. The summed E-state index contributed by atoms with van der Waals surface area (Å²) in [5, 5.41) is 14.8. The van der Waals surface area contributed by atoms with Crippen LogP contribution in [0.1, 0.15) is 19.3 Å². The van der Waals surface area contributed by atoms with Crippen LogP contribution in [0.15, 0.2) is 17.3 Å². The summed E-state index contributed by atoms with van der Waals surface area (Å²) in [6.07, 6.45) is 2.74. The zero-order valence-corrected chi connectivity index (χ0v) is 9.77. The minimum absolute atomic E-state index is 0.00345. The Morgan fingerprint density at radius 2 is 2.29 bits per heavy atom. The Labute approximate surface area is 98.3 Å². The van der Waals surface area contributed by atoms with Crippen molar-refractivity contribution in [3.05, 3.63) is 12.3 Å². The molecule has 1 fully saturated rings. The van der Waals surface area contributed by atoms with Gasteiger partial charge in [0.1, 0.15) is 0 Å². The van der Waals surface area contributed by atoms with Crippen LogP contribution in [0.2, 0.25) is 0 Å². The third-order valence-electron chi connectivity index (χ3n) is 2.87. The molecule has 1 aromatic rings. The quantitative estimate of drug-likeness (QED) is 0.701. The first-order valence-corrected chi connectivity index (χ1v) is 6.72. The Balaban J connectivity index is 2.01. The van der Waals surface area contributed by atoms with Crippen LogP contribution >= 0.6 is 0 Å². The molecule has 0 saturated heterocycles. The standard InChI is InChI=1S/C9H13N3O4S/c13-9(14)6-1-2-7(5-6)12-17(15,16)8-3-4-10-11-8/h3-4,6-7,12H,1-2,5H2,(H,10,11)(H,13,14)/t6-,7+/m1/s1. The van der Waals surface area contributed by atoms with E-state index in [1.165, 1.54) is 12.3 Å². The van der Waals surface area contributed by atoms with Gasteiger partial charge in [-0.15, -0.1) is 0 Å². The Bertz CT molecular complexity index is 496. The molecule has 1 heterocycles. The smallest absolute Gasteiger partial charge is 0.306 e. The lowest BCUT2D eigenvalue weighted by Crippen LogP contribution is -2.33. The number of carboxylic acid groups (broad SMARTS) is 1. The van der Waals surface area contributed by atoms with E-state index >= 15 is 0 Å². The molecular formula is C9H13N3O4S. The fourth-order valence-electron chi connectivity index (χ4n) is 1.99. The van der Waals surface area contributed by atoms with Gasteiger partial charge in [0.15, 0.2) is 5.03 Å².